The summed E-state index contributed by atoms with van der Waals surface area (Å²) in [6.45, 7) is 7.72. The van der Waals surface area contributed by atoms with Crippen LogP contribution in [-0.4, -0.2) is 36.1 Å². The average molecular weight is 219 g/mol. The van der Waals surface area contributed by atoms with Crippen molar-refractivity contribution in [3.8, 4) is 0 Å². The number of nitrogens with zero attached hydrogens (tertiary/aromatic N) is 2. The third-order valence-corrected chi connectivity index (χ3v) is 3.06. The van der Waals surface area contributed by atoms with Crippen molar-refractivity contribution >= 4 is 0 Å². The molecule has 1 N–H and O–H groups in total. The van der Waals surface area contributed by atoms with Crippen molar-refractivity contribution in [3.63, 3.8) is 0 Å². The van der Waals surface area contributed by atoms with Crippen molar-refractivity contribution in [1.82, 2.24) is 15.2 Å². The SMILES string of the molecule is Cc1cccc(CNCCN2CCCC2)n1. The Kier molecular flexibility index (Phi) is 4.31. The van der Waals surface area contributed by atoms with Gasteiger partial charge >= 0.3 is 0 Å². The van der Waals surface area contributed by atoms with E-state index in [-0.39, 0.29) is 0 Å². The molecule has 1 aromatic heterocycles. The largest absolute Gasteiger partial charge is 0.310 e. The minimum Gasteiger partial charge on any atom is -0.310 e. The van der Waals surface area contributed by atoms with Crippen LogP contribution < -0.4 is 5.32 Å². The second-order valence-electron chi connectivity index (χ2n) is 4.50. The molecule has 3 heteroatoms. The molecule has 3 nitrogen and oxygen atoms in total. The summed E-state index contributed by atoms with van der Waals surface area (Å²) in [6, 6.07) is 6.18. The van der Waals surface area contributed by atoms with Crippen LogP contribution in [0, 0.1) is 6.92 Å². The number of rotatable bonds is 5. The first kappa shape index (κ1) is 11.6. The van der Waals surface area contributed by atoms with Gasteiger partial charge in [-0.1, -0.05) is 6.07 Å². The molecule has 0 atom stereocenters. The molecule has 0 spiro atoms. The van der Waals surface area contributed by atoms with Crippen LogP contribution in [0.25, 0.3) is 0 Å². The molecule has 1 aromatic rings. The monoisotopic (exact) mass is 219 g/mol. The molecule has 16 heavy (non-hydrogen) atoms. The van der Waals surface area contributed by atoms with Gasteiger partial charge in [-0.05, 0) is 45.0 Å². The Labute approximate surface area is 97.9 Å². The molecule has 0 radical (unpaired) electrons. The fraction of sp³-hybridized carbons (Fsp3) is 0.615. The van der Waals surface area contributed by atoms with E-state index in [0.29, 0.717) is 0 Å². The van der Waals surface area contributed by atoms with Crippen molar-refractivity contribution in [2.75, 3.05) is 26.2 Å². The highest BCUT2D eigenvalue weighted by Crippen LogP contribution is 2.05. The van der Waals surface area contributed by atoms with E-state index in [4.69, 9.17) is 0 Å². The van der Waals surface area contributed by atoms with Crippen LogP contribution >= 0.6 is 0 Å². The van der Waals surface area contributed by atoms with Crippen molar-refractivity contribution in [3.05, 3.63) is 29.6 Å². The van der Waals surface area contributed by atoms with E-state index < -0.39 is 0 Å². The highest BCUT2D eigenvalue weighted by molar-refractivity contribution is 5.09. The number of nitrogens with one attached hydrogen (secondary N) is 1. The number of pyridine rings is 1. The first-order valence-electron chi connectivity index (χ1n) is 6.20. The number of aromatic nitrogens is 1. The summed E-state index contributed by atoms with van der Waals surface area (Å²) in [7, 11) is 0. The van der Waals surface area contributed by atoms with Crippen LogP contribution in [0.15, 0.2) is 18.2 Å². The standard InChI is InChI=1S/C13H21N3/c1-12-5-4-6-13(15-12)11-14-7-10-16-8-2-3-9-16/h4-6,14H,2-3,7-11H2,1H3. The minimum absolute atomic E-state index is 0.884. The van der Waals surface area contributed by atoms with Crippen LogP contribution in [0.3, 0.4) is 0 Å². The van der Waals surface area contributed by atoms with Gasteiger partial charge in [-0.15, -0.1) is 0 Å². The van der Waals surface area contributed by atoms with Crippen LogP contribution in [0.4, 0.5) is 0 Å². The summed E-state index contributed by atoms with van der Waals surface area (Å²) in [5.41, 5.74) is 2.24. The van der Waals surface area contributed by atoms with Crippen molar-refractivity contribution in [2.24, 2.45) is 0 Å². The van der Waals surface area contributed by atoms with Gasteiger partial charge in [-0.25, -0.2) is 0 Å². The predicted octanol–water partition coefficient (Wildman–Crippen LogP) is 1.58. The van der Waals surface area contributed by atoms with Crippen molar-refractivity contribution in [2.45, 2.75) is 26.3 Å². The Hall–Kier alpha value is -0.930. The molecule has 88 valence electrons. The summed E-state index contributed by atoms with van der Waals surface area (Å²) in [6.07, 6.45) is 2.75. The molecule has 0 bridgehead atoms. The Morgan fingerprint density at radius 2 is 2.12 bits per heavy atom. The zero-order valence-electron chi connectivity index (χ0n) is 10.1. The number of aryl methyl sites for hydroxylation is 1. The summed E-state index contributed by atoms with van der Waals surface area (Å²) in [5, 5.41) is 3.45. The van der Waals surface area contributed by atoms with Gasteiger partial charge in [0.1, 0.15) is 0 Å². The molecule has 0 amide bonds. The molecule has 2 rings (SSSR count). The lowest BCUT2D eigenvalue weighted by Crippen LogP contribution is -2.29. The smallest absolute Gasteiger partial charge is 0.0544 e. The van der Waals surface area contributed by atoms with Gasteiger partial charge in [-0.3, -0.25) is 4.98 Å². The Balaban J connectivity index is 1.64. The van der Waals surface area contributed by atoms with Crippen molar-refractivity contribution in [1.29, 1.82) is 0 Å². The fourth-order valence-corrected chi connectivity index (χ4v) is 2.16. The zero-order chi connectivity index (χ0) is 11.2. The Bertz CT molecular complexity index is 319. The zero-order valence-corrected chi connectivity index (χ0v) is 10.1. The molecule has 2 heterocycles. The molecule has 1 aliphatic heterocycles. The third kappa shape index (κ3) is 3.58. The molecule has 0 aliphatic carbocycles. The summed E-state index contributed by atoms with van der Waals surface area (Å²) in [5.74, 6) is 0. The Morgan fingerprint density at radius 3 is 2.88 bits per heavy atom. The normalized spacial score (nSPS) is 16.8. The molecular weight excluding hydrogens is 198 g/mol. The summed E-state index contributed by atoms with van der Waals surface area (Å²) >= 11 is 0. The topological polar surface area (TPSA) is 28.2 Å². The molecule has 0 saturated carbocycles. The van der Waals surface area contributed by atoms with E-state index in [1.165, 1.54) is 32.5 Å². The van der Waals surface area contributed by atoms with Gasteiger partial charge in [0.05, 0.1) is 5.69 Å². The lowest BCUT2D eigenvalue weighted by molar-refractivity contribution is 0.335. The molecule has 1 saturated heterocycles. The summed E-state index contributed by atoms with van der Waals surface area (Å²) < 4.78 is 0. The molecular formula is C13H21N3. The molecule has 1 aliphatic rings. The molecule has 0 aromatic carbocycles. The van der Waals surface area contributed by atoms with Crippen LogP contribution in [0.5, 0.6) is 0 Å². The highest BCUT2D eigenvalue weighted by atomic mass is 15.1. The van der Waals surface area contributed by atoms with Gasteiger partial charge in [0.25, 0.3) is 0 Å². The summed E-state index contributed by atoms with van der Waals surface area (Å²) in [4.78, 5) is 6.99. The third-order valence-electron chi connectivity index (χ3n) is 3.06. The maximum atomic E-state index is 4.47. The van der Waals surface area contributed by atoms with E-state index in [1.807, 2.05) is 13.0 Å². The van der Waals surface area contributed by atoms with E-state index >= 15 is 0 Å². The minimum atomic E-state index is 0.884. The first-order valence-corrected chi connectivity index (χ1v) is 6.20. The lowest BCUT2D eigenvalue weighted by Gasteiger charge is -2.14. The van der Waals surface area contributed by atoms with Gasteiger partial charge in [-0.2, -0.15) is 0 Å². The maximum Gasteiger partial charge on any atom is 0.0544 e. The van der Waals surface area contributed by atoms with Gasteiger partial charge in [0.15, 0.2) is 0 Å². The second kappa shape index (κ2) is 5.97. The number of hydrogen-bond acceptors (Lipinski definition) is 3. The second-order valence-corrected chi connectivity index (χ2v) is 4.50. The van der Waals surface area contributed by atoms with Crippen LogP contribution in [-0.2, 0) is 6.54 Å². The lowest BCUT2D eigenvalue weighted by atomic mass is 10.3. The Morgan fingerprint density at radius 1 is 1.31 bits per heavy atom. The van der Waals surface area contributed by atoms with E-state index in [2.05, 4.69) is 27.3 Å². The maximum absolute atomic E-state index is 4.47. The average Bonchev–Trinajstić information content (AvgIpc) is 2.77. The van der Waals surface area contributed by atoms with Crippen LogP contribution in [0.2, 0.25) is 0 Å². The van der Waals surface area contributed by atoms with Crippen LogP contribution in [0.1, 0.15) is 24.2 Å². The number of likely N-dealkylation sites (tertiary alicyclic amines) is 1. The number of hydrogen-bond donors (Lipinski definition) is 1. The predicted molar refractivity (Wildman–Crippen MR) is 66.4 cm³/mol. The fourth-order valence-electron chi connectivity index (χ4n) is 2.16. The van der Waals surface area contributed by atoms with Crippen molar-refractivity contribution < 1.29 is 0 Å². The van der Waals surface area contributed by atoms with Gasteiger partial charge in [0, 0.05) is 25.3 Å². The molecule has 0 unspecified atom stereocenters. The van der Waals surface area contributed by atoms with E-state index in [0.717, 1.165) is 24.5 Å². The van der Waals surface area contributed by atoms with Gasteiger partial charge < -0.3 is 10.2 Å². The van der Waals surface area contributed by atoms with Gasteiger partial charge in [0.2, 0.25) is 0 Å². The van der Waals surface area contributed by atoms with E-state index in [1.54, 1.807) is 0 Å². The quantitative estimate of drug-likeness (QED) is 0.762. The first-order chi connectivity index (χ1) is 7.84. The molecule has 1 fully saturated rings. The highest BCUT2D eigenvalue weighted by Gasteiger charge is 2.09. The van der Waals surface area contributed by atoms with E-state index in [9.17, 15) is 0 Å².